The summed E-state index contributed by atoms with van der Waals surface area (Å²) in [7, 11) is 0. The molecule has 2 amide bonds. The zero-order valence-electron chi connectivity index (χ0n) is 12.0. The molecule has 2 heterocycles. The van der Waals surface area contributed by atoms with Gasteiger partial charge in [0.2, 0.25) is 11.8 Å². The number of hydrogen-bond acceptors (Lipinski definition) is 4. The van der Waals surface area contributed by atoms with Crippen molar-refractivity contribution in [1.82, 2.24) is 4.90 Å². The number of hydrogen-bond donors (Lipinski definition) is 1. The molecule has 1 fully saturated rings. The van der Waals surface area contributed by atoms with Gasteiger partial charge < -0.3 is 5.32 Å². The van der Waals surface area contributed by atoms with E-state index in [0.717, 1.165) is 22.0 Å². The second-order valence-electron chi connectivity index (χ2n) is 5.28. The van der Waals surface area contributed by atoms with Crippen LogP contribution in [0.1, 0.15) is 17.5 Å². The molecule has 2 aliphatic rings. The van der Waals surface area contributed by atoms with Crippen LogP contribution >= 0.6 is 11.8 Å². The van der Waals surface area contributed by atoms with E-state index in [1.54, 1.807) is 4.90 Å². The van der Waals surface area contributed by atoms with Gasteiger partial charge in [-0.05, 0) is 25.0 Å². The third kappa shape index (κ3) is 2.68. The van der Waals surface area contributed by atoms with Gasteiger partial charge in [0.15, 0.2) is 5.17 Å². The highest BCUT2D eigenvalue weighted by molar-refractivity contribution is 8.15. The lowest BCUT2D eigenvalue weighted by Crippen LogP contribution is -2.32. The highest BCUT2D eigenvalue weighted by atomic mass is 32.2. The Morgan fingerprint density at radius 3 is 2.81 bits per heavy atom. The standard InChI is InChI=1S/C15H17N3O2S/c1-9-4-3-5-10(2)13(9)17-12(19)8-11-14(20)18-7-6-16-15(18)21-11/h3-5,11H,6-8H2,1-2H3,(H,17,19)/t11-/m0/s1. The summed E-state index contributed by atoms with van der Waals surface area (Å²) in [5, 5.41) is 3.36. The minimum Gasteiger partial charge on any atom is -0.326 e. The van der Waals surface area contributed by atoms with Crippen molar-refractivity contribution in [2.75, 3.05) is 18.4 Å². The summed E-state index contributed by atoms with van der Waals surface area (Å²) in [5.41, 5.74) is 2.90. The predicted octanol–water partition coefficient (Wildman–Crippen LogP) is 1.95. The first-order valence-corrected chi connectivity index (χ1v) is 7.83. The van der Waals surface area contributed by atoms with Gasteiger partial charge in [-0.3, -0.25) is 19.5 Å². The molecule has 1 saturated heterocycles. The van der Waals surface area contributed by atoms with Gasteiger partial charge in [0.1, 0.15) is 5.25 Å². The van der Waals surface area contributed by atoms with Crippen molar-refractivity contribution in [3.05, 3.63) is 29.3 Å². The Labute approximate surface area is 127 Å². The number of nitrogens with zero attached hydrogens (tertiary/aromatic N) is 2. The van der Waals surface area contributed by atoms with Gasteiger partial charge in [-0.25, -0.2) is 0 Å². The molecule has 1 aromatic carbocycles. The molecule has 0 unspecified atom stereocenters. The maximum Gasteiger partial charge on any atom is 0.242 e. The number of carbonyl (C=O) groups is 2. The van der Waals surface area contributed by atoms with E-state index in [1.165, 1.54) is 11.8 Å². The van der Waals surface area contributed by atoms with E-state index < -0.39 is 0 Å². The van der Waals surface area contributed by atoms with Crippen molar-refractivity contribution in [3.63, 3.8) is 0 Å². The topological polar surface area (TPSA) is 61.8 Å². The van der Waals surface area contributed by atoms with Crippen molar-refractivity contribution in [2.24, 2.45) is 4.99 Å². The first kappa shape index (κ1) is 14.1. The molecule has 5 nitrogen and oxygen atoms in total. The van der Waals surface area contributed by atoms with E-state index in [-0.39, 0.29) is 23.5 Å². The molecule has 2 aliphatic heterocycles. The van der Waals surface area contributed by atoms with Gasteiger partial charge in [-0.1, -0.05) is 30.0 Å². The van der Waals surface area contributed by atoms with Crippen LogP contribution in [0.4, 0.5) is 5.69 Å². The van der Waals surface area contributed by atoms with Crippen molar-refractivity contribution < 1.29 is 9.59 Å². The van der Waals surface area contributed by atoms with E-state index >= 15 is 0 Å². The molecule has 3 rings (SSSR count). The lowest BCUT2D eigenvalue weighted by Gasteiger charge is -2.13. The molecule has 0 saturated carbocycles. The van der Waals surface area contributed by atoms with Gasteiger partial charge in [0.05, 0.1) is 6.54 Å². The third-order valence-corrected chi connectivity index (χ3v) is 4.92. The van der Waals surface area contributed by atoms with Crippen LogP contribution in [0.5, 0.6) is 0 Å². The average molecular weight is 303 g/mol. The number of benzene rings is 1. The number of nitrogens with one attached hydrogen (secondary N) is 1. The molecular weight excluding hydrogens is 286 g/mol. The molecular formula is C15H17N3O2S. The van der Waals surface area contributed by atoms with Gasteiger partial charge in [0.25, 0.3) is 0 Å². The fourth-order valence-electron chi connectivity index (χ4n) is 2.58. The quantitative estimate of drug-likeness (QED) is 0.928. The second kappa shape index (κ2) is 5.52. The van der Waals surface area contributed by atoms with E-state index in [0.29, 0.717) is 13.1 Å². The van der Waals surface area contributed by atoms with Crippen molar-refractivity contribution in [3.8, 4) is 0 Å². The van der Waals surface area contributed by atoms with Gasteiger partial charge in [0, 0.05) is 18.7 Å². The predicted molar refractivity (Wildman–Crippen MR) is 84.6 cm³/mol. The lowest BCUT2D eigenvalue weighted by molar-refractivity contribution is -0.127. The molecule has 0 aliphatic carbocycles. The van der Waals surface area contributed by atoms with Crippen LogP contribution in [0.3, 0.4) is 0 Å². The molecule has 0 spiro atoms. The van der Waals surface area contributed by atoms with Crippen molar-refractivity contribution in [1.29, 1.82) is 0 Å². The Bertz CT molecular complexity index is 622. The fourth-order valence-corrected chi connectivity index (χ4v) is 3.77. The number of amidine groups is 1. The Hall–Kier alpha value is -1.82. The van der Waals surface area contributed by atoms with E-state index in [1.807, 2.05) is 32.0 Å². The Kier molecular flexibility index (Phi) is 3.71. The van der Waals surface area contributed by atoms with Crippen molar-refractivity contribution >= 4 is 34.4 Å². The molecule has 0 radical (unpaired) electrons. The van der Waals surface area contributed by atoms with Gasteiger partial charge in [-0.2, -0.15) is 0 Å². The Morgan fingerprint density at radius 2 is 2.14 bits per heavy atom. The van der Waals surface area contributed by atoms with Crippen LogP contribution in [0.15, 0.2) is 23.2 Å². The highest BCUT2D eigenvalue weighted by Gasteiger charge is 2.40. The first-order valence-electron chi connectivity index (χ1n) is 6.95. The zero-order valence-corrected chi connectivity index (χ0v) is 12.9. The Balaban J connectivity index is 1.66. The van der Waals surface area contributed by atoms with Crippen molar-refractivity contribution in [2.45, 2.75) is 25.5 Å². The largest absolute Gasteiger partial charge is 0.326 e. The van der Waals surface area contributed by atoms with Crippen LogP contribution in [-0.2, 0) is 9.59 Å². The lowest BCUT2D eigenvalue weighted by atomic mass is 10.1. The molecule has 1 aromatic rings. The monoisotopic (exact) mass is 303 g/mol. The summed E-state index contributed by atoms with van der Waals surface area (Å²) < 4.78 is 0. The summed E-state index contributed by atoms with van der Waals surface area (Å²) in [6.07, 6.45) is 0.187. The third-order valence-electron chi connectivity index (χ3n) is 3.71. The average Bonchev–Trinajstić information content (AvgIpc) is 2.99. The number of aliphatic imine (C=N–C) groups is 1. The SMILES string of the molecule is Cc1cccc(C)c1NC(=O)C[C@@H]1SC2=NCCN2C1=O. The number of para-hydroxylation sites is 1. The van der Waals surface area contributed by atoms with E-state index in [2.05, 4.69) is 10.3 Å². The summed E-state index contributed by atoms with van der Waals surface area (Å²) in [4.78, 5) is 30.3. The summed E-state index contributed by atoms with van der Waals surface area (Å²) in [6.45, 7) is 5.25. The smallest absolute Gasteiger partial charge is 0.242 e. The normalized spacial score (nSPS) is 20.5. The van der Waals surface area contributed by atoms with Gasteiger partial charge in [-0.15, -0.1) is 0 Å². The summed E-state index contributed by atoms with van der Waals surface area (Å²) in [5.74, 6) is -0.118. The minimum atomic E-state index is -0.339. The van der Waals surface area contributed by atoms with E-state index in [9.17, 15) is 9.59 Å². The zero-order chi connectivity index (χ0) is 15.0. The molecule has 0 aromatic heterocycles. The van der Waals surface area contributed by atoms with E-state index in [4.69, 9.17) is 0 Å². The van der Waals surface area contributed by atoms with Crippen LogP contribution in [-0.4, -0.2) is 40.2 Å². The van der Waals surface area contributed by atoms with Crippen LogP contribution in [0, 0.1) is 13.8 Å². The number of carbonyl (C=O) groups excluding carboxylic acids is 2. The Morgan fingerprint density at radius 1 is 1.43 bits per heavy atom. The molecule has 1 atom stereocenters. The number of fused-ring (bicyclic) bond motifs is 1. The molecule has 21 heavy (non-hydrogen) atoms. The number of amides is 2. The maximum absolute atomic E-state index is 12.2. The second-order valence-corrected chi connectivity index (χ2v) is 6.45. The molecule has 6 heteroatoms. The maximum atomic E-state index is 12.2. The highest BCUT2D eigenvalue weighted by Crippen LogP contribution is 2.32. The summed E-state index contributed by atoms with van der Waals surface area (Å²) >= 11 is 1.40. The first-order chi connectivity index (χ1) is 10.1. The number of aryl methyl sites for hydroxylation is 2. The molecule has 0 bridgehead atoms. The number of anilines is 1. The minimum absolute atomic E-state index is 0.00732. The van der Waals surface area contributed by atoms with Crippen LogP contribution in [0.2, 0.25) is 0 Å². The fraction of sp³-hybridized carbons (Fsp3) is 0.400. The summed E-state index contributed by atoms with van der Waals surface area (Å²) in [6, 6.07) is 5.88. The molecule has 110 valence electrons. The number of rotatable bonds is 3. The number of thioether (sulfide) groups is 1. The van der Waals surface area contributed by atoms with Crippen LogP contribution in [0.25, 0.3) is 0 Å². The molecule has 1 N–H and O–H groups in total. The van der Waals surface area contributed by atoms with Gasteiger partial charge >= 0.3 is 0 Å². The van der Waals surface area contributed by atoms with Crippen LogP contribution < -0.4 is 5.32 Å².